The Morgan fingerprint density at radius 2 is 1.35 bits per heavy atom. The summed E-state index contributed by atoms with van der Waals surface area (Å²) in [6.45, 7) is 5.22. The van der Waals surface area contributed by atoms with E-state index >= 15 is 0 Å². The van der Waals surface area contributed by atoms with Crippen LogP contribution in [0.4, 0.5) is 0 Å². The molecule has 1 aliphatic rings. The molecule has 1 rings (SSSR count). The first-order valence-corrected chi connectivity index (χ1v) is 7.08. The van der Waals surface area contributed by atoms with Crippen LogP contribution in [0.3, 0.4) is 0 Å². The van der Waals surface area contributed by atoms with Crippen molar-refractivity contribution in [2.75, 3.05) is 58.2 Å². The second-order valence-electron chi connectivity index (χ2n) is 3.49. The minimum absolute atomic E-state index is 0.0754. The summed E-state index contributed by atoms with van der Waals surface area (Å²) in [6, 6.07) is 0. The van der Waals surface area contributed by atoms with Gasteiger partial charge in [0.25, 0.3) is 0 Å². The molecule has 0 unspecified atom stereocenters. The van der Waals surface area contributed by atoms with Crippen molar-refractivity contribution in [2.45, 2.75) is 12.7 Å². The van der Waals surface area contributed by atoms with Gasteiger partial charge in [0.15, 0.2) is 6.29 Å². The van der Waals surface area contributed by atoms with Crippen LogP contribution in [0.25, 0.3) is 0 Å². The van der Waals surface area contributed by atoms with E-state index in [0.717, 1.165) is 18.4 Å². The normalized spacial score (nSPS) is 16.8. The molecule has 0 N–H and O–H groups in total. The maximum absolute atomic E-state index is 5.39. The first-order chi connectivity index (χ1) is 8.43. The van der Waals surface area contributed by atoms with Gasteiger partial charge in [-0.05, 0) is 0 Å². The SMILES string of the molecule is BrCCOCCOCCOCCC1OCCO1. The monoisotopic (exact) mass is 312 g/mol. The Hall–Kier alpha value is 0.280. The van der Waals surface area contributed by atoms with Crippen molar-refractivity contribution < 1.29 is 23.7 Å². The van der Waals surface area contributed by atoms with Gasteiger partial charge in [-0.15, -0.1) is 0 Å². The Morgan fingerprint density at radius 3 is 1.94 bits per heavy atom. The lowest BCUT2D eigenvalue weighted by atomic mass is 10.4. The molecule has 5 nitrogen and oxygen atoms in total. The predicted octanol–water partition coefficient (Wildman–Crippen LogP) is 1.19. The number of ether oxygens (including phenoxy) is 5. The van der Waals surface area contributed by atoms with Gasteiger partial charge in [-0.3, -0.25) is 0 Å². The second-order valence-corrected chi connectivity index (χ2v) is 4.28. The first kappa shape index (κ1) is 15.3. The number of alkyl halides is 1. The molecule has 0 amide bonds. The van der Waals surface area contributed by atoms with E-state index in [-0.39, 0.29) is 6.29 Å². The molecular weight excluding hydrogens is 292 g/mol. The van der Waals surface area contributed by atoms with Crippen molar-refractivity contribution in [3.05, 3.63) is 0 Å². The highest BCUT2D eigenvalue weighted by molar-refractivity contribution is 9.09. The molecule has 17 heavy (non-hydrogen) atoms. The molecule has 0 aliphatic carbocycles. The van der Waals surface area contributed by atoms with Crippen LogP contribution in [0.2, 0.25) is 0 Å². The fourth-order valence-electron chi connectivity index (χ4n) is 1.35. The molecule has 0 atom stereocenters. The van der Waals surface area contributed by atoms with Gasteiger partial charge in [0.2, 0.25) is 0 Å². The Kier molecular flexibility index (Phi) is 10.3. The minimum atomic E-state index is -0.0754. The molecule has 0 bridgehead atoms. The van der Waals surface area contributed by atoms with Gasteiger partial charge < -0.3 is 23.7 Å². The summed E-state index contributed by atoms with van der Waals surface area (Å²) in [6.07, 6.45) is 0.711. The van der Waals surface area contributed by atoms with Crippen LogP contribution in [0.5, 0.6) is 0 Å². The average Bonchev–Trinajstić information content (AvgIpc) is 2.85. The first-order valence-electron chi connectivity index (χ1n) is 5.96. The van der Waals surface area contributed by atoms with E-state index in [4.69, 9.17) is 23.7 Å². The van der Waals surface area contributed by atoms with Gasteiger partial charge >= 0.3 is 0 Å². The van der Waals surface area contributed by atoms with E-state index in [0.29, 0.717) is 46.2 Å². The molecule has 0 spiro atoms. The summed E-state index contributed by atoms with van der Waals surface area (Å²) in [5, 5.41) is 0.863. The highest BCUT2D eigenvalue weighted by Crippen LogP contribution is 2.07. The topological polar surface area (TPSA) is 46.2 Å². The van der Waals surface area contributed by atoms with Crippen LogP contribution in [0, 0.1) is 0 Å². The molecule has 1 saturated heterocycles. The summed E-state index contributed by atoms with van der Waals surface area (Å²) < 4.78 is 26.5. The molecule has 102 valence electrons. The van der Waals surface area contributed by atoms with Crippen LogP contribution in [-0.4, -0.2) is 64.5 Å². The Balaban J connectivity index is 1.69. The van der Waals surface area contributed by atoms with Crippen LogP contribution in [0.15, 0.2) is 0 Å². The quantitative estimate of drug-likeness (QED) is 0.424. The molecule has 1 aliphatic heterocycles. The van der Waals surface area contributed by atoms with E-state index in [9.17, 15) is 0 Å². The molecule has 0 saturated carbocycles. The van der Waals surface area contributed by atoms with Gasteiger partial charge in [0.1, 0.15) is 0 Å². The molecule has 0 aromatic heterocycles. The maximum atomic E-state index is 5.39. The summed E-state index contributed by atoms with van der Waals surface area (Å²) in [4.78, 5) is 0. The lowest BCUT2D eigenvalue weighted by Gasteiger charge is -2.09. The molecule has 0 radical (unpaired) electrons. The van der Waals surface area contributed by atoms with Crippen LogP contribution < -0.4 is 0 Å². The number of hydrogen-bond donors (Lipinski definition) is 0. The third-order valence-electron chi connectivity index (χ3n) is 2.15. The highest BCUT2D eigenvalue weighted by Gasteiger charge is 2.14. The van der Waals surface area contributed by atoms with Gasteiger partial charge in [-0.25, -0.2) is 0 Å². The van der Waals surface area contributed by atoms with Crippen molar-refractivity contribution in [3.63, 3.8) is 0 Å². The lowest BCUT2D eigenvalue weighted by molar-refractivity contribution is -0.0656. The number of rotatable bonds is 11. The third-order valence-corrected chi connectivity index (χ3v) is 2.48. The van der Waals surface area contributed by atoms with Crippen molar-refractivity contribution >= 4 is 15.9 Å². The number of halogens is 1. The molecule has 1 fully saturated rings. The highest BCUT2D eigenvalue weighted by atomic mass is 79.9. The molecular formula is C11H21BrO5. The van der Waals surface area contributed by atoms with Gasteiger partial charge in [0.05, 0.1) is 52.9 Å². The summed E-state index contributed by atoms with van der Waals surface area (Å²) >= 11 is 3.28. The van der Waals surface area contributed by atoms with Gasteiger partial charge in [-0.1, -0.05) is 15.9 Å². The smallest absolute Gasteiger partial charge is 0.160 e. The fourth-order valence-corrected chi connectivity index (χ4v) is 1.58. The third kappa shape index (κ3) is 8.93. The summed E-state index contributed by atoms with van der Waals surface area (Å²) in [5.41, 5.74) is 0. The second kappa shape index (κ2) is 11.4. The Morgan fingerprint density at radius 1 is 0.824 bits per heavy atom. The molecule has 0 aromatic rings. The van der Waals surface area contributed by atoms with Crippen molar-refractivity contribution in [1.82, 2.24) is 0 Å². The van der Waals surface area contributed by atoms with E-state index in [1.807, 2.05) is 0 Å². The van der Waals surface area contributed by atoms with Crippen LogP contribution in [0.1, 0.15) is 6.42 Å². The summed E-state index contributed by atoms with van der Waals surface area (Å²) in [7, 11) is 0. The average molecular weight is 313 g/mol. The van der Waals surface area contributed by atoms with Crippen LogP contribution >= 0.6 is 15.9 Å². The zero-order chi connectivity index (χ0) is 12.2. The fraction of sp³-hybridized carbons (Fsp3) is 1.00. The number of hydrogen-bond acceptors (Lipinski definition) is 5. The van der Waals surface area contributed by atoms with E-state index in [2.05, 4.69) is 15.9 Å². The molecule has 0 aromatic carbocycles. The van der Waals surface area contributed by atoms with E-state index in [1.165, 1.54) is 0 Å². The van der Waals surface area contributed by atoms with Crippen molar-refractivity contribution in [2.24, 2.45) is 0 Å². The predicted molar refractivity (Wildman–Crippen MR) is 66.6 cm³/mol. The van der Waals surface area contributed by atoms with Crippen molar-refractivity contribution in [1.29, 1.82) is 0 Å². The summed E-state index contributed by atoms with van der Waals surface area (Å²) in [5.74, 6) is 0. The van der Waals surface area contributed by atoms with E-state index in [1.54, 1.807) is 0 Å². The Labute approximate surface area is 111 Å². The van der Waals surface area contributed by atoms with Crippen LogP contribution in [-0.2, 0) is 23.7 Å². The maximum Gasteiger partial charge on any atom is 0.160 e. The molecule has 6 heteroatoms. The lowest BCUT2D eigenvalue weighted by Crippen LogP contribution is -2.14. The minimum Gasteiger partial charge on any atom is -0.379 e. The molecule has 1 heterocycles. The van der Waals surface area contributed by atoms with Crippen molar-refractivity contribution in [3.8, 4) is 0 Å². The largest absolute Gasteiger partial charge is 0.379 e. The van der Waals surface area contributed by atoms with Gasteiger partial charge in [-0.2, -0.15) is 0 Å². The Bertz CT molecular complexity index is 164. The van der Waals surface area contributed by atoms with E-state index < -0.39 is 0 Å². The standard InChI is InChI=1S/C11H21BrO5/c12-2-4-14-6-8-15-7-5-13-3-1-11-16-9-10-17-11/h11H,1-10H2. The zero-order valence-corrected chi connectivity index (χ0v) is 11.7. The zero-order valence-electron chi connectivity index (χ0n) is 10.1. The van der Waals surface area contributed by atoms with Gasteiger partial charge in [0, 0.05) is 11.8 Å².